The summed E-state index contributed by atoms with van der Waals surface area (Å²) in [6, 6.07) is -1.87. The number of amides is 3. The molecule has 5 N–H and O–H groups in total. The fourth-order valence-electron chi connectivity index (χ4n) is 4.24. The third kappa shape index (κ3) is 10.5. The second kappa shape index (κ2) is 14.2. The lowest BCUT2D eigenvalue weighted by Gasteiger charge is -2.42. The summed E-state index contributed by atoms with van der Waals surface area (Å²) >= 11 is 0. The summed E-state index contributed by atoms with van der Waals surface area (Å²) < 4.78 is 172. The van der Waals surface area contributed by atoms with Gasteiger partial charge in [0.25, 0.3) is 0 Å². The minimum absolute atomic E-state index is 0.106. The minimum Gasteiger partial charge on any atom is -0.446 e. The van der Waals surface area contributed by atoms with E-state index in [-0.39, 0.29) is 36.4 Å². The van der Waals surface area contributed by atoms with E-state index in [9.17, 15) is 77.3 Å². The molecule has 1 saturated heterocycles. The van der Waals surface area contributed by atoms with Crippen molar-refractivity contribution in [1.82, 2.24) is 5.32 Å². The largest absolute Gasteiger partial charge is 0.446 e. The normalized spacial score (nSPS) is 21.8. The number of hydrogen-bond acceptors (Lipinski definition) is 8. The first kappa shape index (κ1) is 38.9. The Morgan fingerprint density at radius 1 is 0.694 bits per heavy atom. The quantitative estimate of drug-likeness (QED) is 0.244. The van der Waals surface area contributed by atoms with E-state index in [1.165, 1.54) is 0 Å². The van der Waals surface area contributed by atoms with Crippen LogP contribution in [-0.2, 0) is 43.7 Å². The van der Waals surface area contributed by atoms with E-state index in [0.29, 0.717) is 0 Å². The molecule has 0 radical (unpaired) electrons. The number of ether oxygens (including phenoxy) is 3. The summed E-state index contributed by atoms with van der Waals surface area (Å²) in [7, 11) is 0. The van der Waals surface area contributed by atoms with E-state index in [4.69, 9.17) is 9.47 Å². The van der Waals surface area contributed by atoms with Crippen molar-refractivity contribution in [2.24, 2.45) is 0 Å². The van der Waals surface area contributed by atoms with Gasteiger partial charge in [-0.1, -0.05) is 0 Å². The zero-order chi connectivity index (χ0) is 37.3. The second-order valence-corrected chi connectivity index (χ2v) is 10.1. The minimum atomic E-state index is -5.31. The molecule has 0 bridgehead atoms. The van der Waals surface area contributed by atoms with Gasteiger partial charge >= 0.3 is 36.9 Å². The molecule has 0 unspecified atom stereocenters. The molecule has 3 amide bonds. The van der Waals surface area contributed by atoms with Gasteiger partial charge in [-0.15, -0.1) is 0 Å². The molecule has 0 aliphatic carbocycles. The molecule has 1 heterocycles. The number of alkyl halides is 12. The van der Waals surface area contributed by atoms with E-state index in [0.717, 1.165) is 6.92 Å². The Hall–Kier alpha value is -4.51. The molecule has 3 rings (SSSR count). The predicted octanol–water partition coefficient (Wildman–Crippen LogP) is 5.51. The van der Waals surface area contributed by atoms with E-state index in [1.807, 2.05) is 5.32 Å². The molecule has 272 valence electrons. The average molecular weight is 731 g/mol. The van der Waals surface area contributed by atoms with Gasteiger partial charge in [0, 0.05) is 18.3 Å². The van der Waals surface area contributed by atoms with Crippen LogP contribution in [0, 0.1) is 0 Å². The van der Waals surface area contributed by atoms with Gasteiger partial charge < -0.3 is 29.7 Å². The van der Waals surface area contributed by atoms with Crippen LogP contribution in [0.25, 0.3) is 0 Å². The van der Waals surface area contributed by atoms with Gasteiger partial charge in [-0.25, -0.2) is 9.59 Å². The maximum absolute atomic E-state index is 13.2. The smallest absolute Gasteiger partial charge is 0.416 e. The van der Waals surface area contributed by atoms with Gasteiger partial charge in [0.15, 0.2) is 12.4 Å². The fourth-order valence-corrected chi connectivity index (χ4v) is 4.24. The lowest BCUT2D eigenvalue weighted by Crippen LogP contribution is -2.65. The van der Waals surface area contributed by atoms with Crippen LogP contribution in [0.1, 0.15) is 29.2 Å². The number of halogens is 12. The zero-order valence-electron chi connectivity index (χ0n) is 23.9. The molecule has 0 spiro atoms. The van der Waals surface area contributed by atoms with Crippen LogP contribution in [-0.4, -0.2) is 65.6 Å². The molecular formula is C26H21F12N3O8. The highest BCUT2D eigenvalue weighted by molar-refractivity contribution is 5.86. The molecule has 1 aliphatic heterocycles. The molecule has 49 heavy (non-hydrogen) atoms. The van der Waals surface area contributed by atoms with Gasteiger partial charge in [-0.05, 0) is 36.4 Å². The third-order valence-corrected chi connectivity index (χ3v) is 6.35. The van der Waals surface area contributed by atoms with Crippen molar-refractivity contribution in [3.05, 3.63) is 58.7 Å². The van der Waals surface area contributed by atoms with E-state index >= 15 is 0 Å². The molecule has 2 aromatic rings. The Morgan fingerprint density at radius 3 is 1.45 bits per heavy atom. The van der Waals surface area contributed by atoms with Crippen molar-refractivity contribution in [2.45, 2.75) is 62.3 Å². The van der Waals surface area contributed by atoms with Gasteiger partial charge in [-0.2, -0.15) is 52.7 Å². The molecule has 11 nitrogen and oxygen atoms in total. The highest BCUT2D eigenvalue weighted by atomic mass is 19.4. The Bertz CT molecular complexity index is 1480. The summed E-state index contributed by atoms with van der Waals surface area (Å²) in [5.41, 5.74) is -9.38. The molecule has 1 aliphatic rings. The SMILES string of the molecule is CC(=O)N[C@@H]1[C@@H](OC(=O)Nc2cc(C(F)(F)F)cc(C(F)(F)F)c2)[C@H](O)[C@@H](COC(=O)Nc2cc(C(F)(F)F)cc(C(F)(F)F)c2)O[C@H]1O. The summed E-state index contributed by atoms with van der Waals surface area (Å²) in [4.78, 5) is 36.4. The van der Waals surface area contributed by atoms with Crippen molar-refractivity contribution in [3.63, 3.8) is 0 Å². The number of carbonyl (C=O) groups excluding carboxylic acids is 3. The first-order valence-electron chi connectivity index (χ1n) is 13.0. The lowest BCUT2D eigenvalue weighted by molar-refractivity contribution is -0.252. The van der Waals surface area contributed by atoms with Crippen molar-refractivity contribution >= 4 is 29.5 Å². The molecule has 2 aromatic carbocycles. The molecule has 5 atom stereocenters. The molecule has 1 fully saturated rings. The molecule has 0 aromatic heterocycles. The lowest BCUT2D eigenvalue weighted by atomic mass is 9.96. The summed E-state index contributed by atoms with van der Waals surface area (Å²) in [5, 5.41) is 26.3. The van der Waals surface area contributed by atoms with E-state index in [1.54, 1.807) is 10.6 Å². The van der Waals surface area contributed by atoms with Crippen LogP contribution in [0.3, 0.4) is 0 Å². The van der Waals surface area contributed by atoms with Crippen molar-refractivity contribution in [3.8, 4) is 0 Å². The van der Waals surface area contributed by atoms with Gasteiger partial charge in [0.05, 0.1) is 22.3 Å². The average Bonchev–Trinajstić information content (AvgIpc) is 2.93. The monoisotopic (exact) mass is 731 g/mol. The Kier molecular flexibility index (Phi) is 11.2. The molecular weight excluding hydrogens is 710 g/mol. The fraction of sp³-hybridized carbons (Fsp3) is 0.423. The number of aliphatic hydroxyl groups is 2. The van der Waals surface area contributed by atoms with E-state index < -0.39 is 114 Å². The van der Waals surface area contributed by atoms with Crippen molar-refractivity contribution in [2.75, 3.05) is 17.2 Å². The standard InChI is InChI=1S/C26H21F12N3O8/c1-9(42)39-17-19(49-22(46)41-15-6-12(25(33,34)35)3-13(7-15)26(36,37)38)18(43)16(48-20(17)44)8-47-21(45)40-14-4-10(23(27,28)29)2-11(5-14)24(30,31)32/h2-7,16-20,43-44H,8H2,1H3,(H,39,42)(H,40,45)(H,41,46)/t16-,17-,18-,19-,20-/m1/s1. The summed E-state index contributed by atoms with van der Waals surface area (Å²) in [6.45, 7) is -0.305. The Labute approximate surface area is 265 Å². The Morgan fingerprint density at radius 2 is 1.08 bits per heavy atom. The number of benzene rings is 2. The number of nitrogens with one attached hydrogen (secondary N) is 3. The van der Waals surface area contributed by atoms with Crippen LogP contribution in [0.5, 0.6) is 0 Å². The number of hydrogen-bond donors (Lipinski definition) is 5. The number of anilines is 2. The van der Waals surface area contributed by atoms with Crippen molar-refractivity contribution < 1.29 is 91.5 Å². The predicted molar refractivity (Wildman–Crippen MR) is 136 cm³/mol. The summed E-state index contributed by atoms with van der Waals surface area (Å²) in [5.74, 6) is -0.949. The number of carbonyl (C=O) groups is 3. The van der Waals surface area contributed by atoms with Crippen molar-refractivity contribution in [1.29, 1.82) is 0 Å². The highest BCUT2D eigenvalue weighted by Crippen LogP contribution is 2.39. The van der Waals surface area contributed by atoms with Crippen LogP contribution >= 0.6 is 0 Å². The first-order chi connectivity index (χ1) is 22.3. The van der Waals surface area contributed by atoms with Crippen LogP contribution in [0.4, 0.5) is 73.6 Å². The van der Waals surface area contributed by atoms with Gasteiger partial charge in [0.2, 0.25) is 5.91 Å². The maximum Gasteiger partial charge on any atom is 0.416 e. The topological polar surface area (TPSA) is 155 Å². The van der Waals surface area contributed by atoms with Crippen LogP contribution < -0.4 is 16.0 Å². The summed E-state index contributed by atoms with van der Waals surface area (Å²) in [6.07, 6.45) is -33.3. The van der Waals surface area contributed by atoms with Crippen LogP contribution in [0.2, 0.25) is 0 Å². The first-order valence-corrected chi connectivity index (χ1v) is 13.0. The molecule has 23 heteroatoms. The maximum atomic E-state index is 13.2. The van der Waals surface area contributed by atoms with Crippen LogP contribution in [0.15, 0.2) is 36.4 Å². The van der Waals surface area contributed by atoms with Gasteiger partial charge in [-0.3, -0.25) is 15.4 Å². The highest BCUT2D eigenvalue weighted by Gasteiger charge is 2.48. The number of aliphatic hydroxyl groups excluding tert-OH is 2. The van der Waals surface area contributed by atoms with E-state index in [2.05, 4.69) is 4.74 Å². The number of rotatable bonds is 6. The third-order valence-electron chi connectivity index (χ3n) is 6.35. The van der Waals surface area contributed by atoms with Gasteiger partial charge in [0.1, 0.15) is 24.9 Å². The molecule has 0 saturated carbocycles. The Balaban J connectivity index is 1.79. The second-order valence-electron chi connectivity index (χ2n) is 10.1. The zero-order valence-corrected chi connectivity index (χ0v) is 23.9.